The predicted molar refractivity (Wildman–Crippen MR) is 105 cm³/mol. The number of rotatable bonds is 6. The van der Waals surface area contributed by atoms with E-state index >= 15 is 0 Å². The number of terminal acetylenes is 1. The van der Waals surface area contributed by atoms with Gasteiger partial charge in [0, 0.05) is 5.56 Å². The lowest BCUT2D eigenvalue weighted by Gasteiger charge is -2.05. The molecule has 0 radical (unpaired) electrons. The maximum absolute atomic E-state index is 13.5. The highest BCUT2D eigenvalue weighted by Gasteiger charge is 2.10. The predicted octanol–water partition coefficient (Wildman–Crippen LogP) is 4.40. The van der Waals surface area contributed by atoms with Crippen LogP contribution in [-0.2, 0) is 6.54 Å². The SMILES string of the molecule is C#CCn1c(=NC(=O)c2cccc(OCCCC)c2)sc2cc(F)ccc21. The van der Waals surface area contributed by atoms with Crippen LogP contribution in [0.1, 0.15) is 30.1 Å². The molecule has 2 aromatic carbocycles. The number of unbranched alkanes of at least 4 members (excludes halogenated alkanes) is 1. The number of amides is 1. The Kier molecular flexibility index (Phi) is 6.05. The summed E-state index contributed by atoms with van der Waals surface area (Å²) in [7, 11) is 0. The maximum atomic E-state index is 13.5. The number of carbonyl (C=O) groups is 1. The van der Waals surface area contributed by atoms with Gasteiger partial charge in [-0.2, -0.15) is 4.99 Å². The largest absolute Gasteiger partial charge is 0.494 e. The van der Waals surface area contributed by atoms with E-state index in [2.05, 4.69) is 17.8 Å². The highest BCUT2D eigenvalue weighted by atomic mass is 32.1. The van der Waals surface area contributed by atoms with E-state index in [9.17, 15) is 9.18 Å². The number of nitrogens with zero attached hydrogens (tertiary/aromatic N) is 2. The number of ether oxygens (including phenoxy) is 1. The Hall–Kier alpha value is -2.91. The average Bonchev–Trinajstić information content (AvgIpc) is 2.99. The van der Waals surface area contributed by atoms with E-state index in [1.165, 1.54) is 23.5 Å². The second-order valence-electron chi connectivity index (χ2n) is 5.93. The normalized spacial score (nSPS) is 11.5. The zero-order chi connectivity index (χ0) is 19.2. The second kappa shape index (κ2) is 8.65. The van der Waals surface area contributed by atoms with Crippen molar-refractivity contribution in [1.29, 1.82) is 0 Å². The summed E-state index contributed by atoms with van der Waals surface area (Å²) >= 11 is 1.23. The van der Waals surface area contributed by atoms with Gasteiger partial charge in [0.15, 0.2) is 4.80 Å². The van der Waals surface area contributed by atoms with Crippen LogP contribution in [0.25, 0.3) is 10.2 Å². The van der Waals surface area contributed by atoms with Gasteiger partial charge in [0.05, 0.1) is 23.4 Å². The Morgan fingerprint density at radius 1 is 1.33 bits per heavy atom. The fourth-order valence-electron chi connectivity index (χ4n) is 2.58. The molecule has 3 aromatic rings. The molecule has 27 heavy (non-hydrogen) atoms. The smallest absolute Gasteiger partial charge is 0.279 e. The molecule has 0 saturated heterocycles. The fraction of sp³-hybridized carbons (Fsp3) is 0.238. The van der Waals surface area contributed by atoms with Crippen LogP contribution in [0, 0.1) is 18.2 Å². The summed E-state index contributed by atoms with van der Waals surface area (Å²) in [6.07, 6.45) is 7.43. The van der Waals surface area contributed by atoms with Gasteiger partial charge in [-0.15, -0.1) is 6.42 Å². The molecule has 0 bridgehead atoms. The number of aromatic nitrogens is 1. The van der Waals surface area contributed by atoms with E-state index in [0.29, 0.717) is 27.4 Å². The number of benzene rings is 2. The lowest BCUT2D eigenvalue weighted by atomic mass is 10.2. The summed E-state index contributed by atoms with van der Waals surface area (Å²) in [5.41, 5.74) is 1.18. The Morgan fingerprint density at radius 3 is 2.96 bits per heavy atom. The van der Waals surface area contributed by atoms with Gasteiger partial charge in [-0.3, -0.25) is 4.79 Å². The number of hydrogen-bond donors (Lipinski definition) is 0. The molecule has 1 aromatic heterocycles. The molecule has 138 valence electrons. The third-order valence-corrected chi connectivity index (χ3v) is 4.98. The lowest BCUT2D eigenvalue weighted by Crippen LogP contribution is -2.16. The van der Waals surface area contributed by atoms with Crippen LogP contribution < -0.4 is 9.54 Å². The third-order valence-electron chi connectivity index (χ3n) is 3.94. The molecule has 0 fully saturated rings. The molecule has 0 aliphatic rings. The molecule has 1 heterocycles. The van der Waals surface area contributed by atoms with E-state index in [0.717, 1.165) is 18.4 Å². The molecular formula is C21H19FN2O2S. The monoisotopic (exact) mass is 382 g/mol. The van der Waals surface area contributed by atoms with Crippen molar-refractivity contribution >= 4 is 27.5 Å². The highest BCUT2D eigenvalue weighted by Crippen LogP contribution is 2.19. The molecule has 0 aliphatic carbocycles. The quantitative estimate of drug-likeness (QED) is 0.469. The first-order valence-corrected chi connectivity index (χ1v) is 9.48. The van der Waals surface area contributed by atoms with Crippen molar-refractivity contribution in [2.75, 3.05) is 6.61 Å². The standard InChI is InChI=1S/C21H19FN2O2S/c1-3-5-12-26-17-8-6-7-15(13-17)20(25)23-21-24(11-4-2)18-10-9-16(22)14-19(18)27-21/h2,6-10,13-14H,3,5,11-12H2,1H3. The first-order valence-electron chi connectivity index (χ1n) is 8.66. The minimum Gasteiger partial charge on any atom is -0.494 e. The van der Waals surface area contributed by atoms with E-state index in [1.54, 1.807) is 28.8 Å². The summed E-state index contributed by atoms with van der Waals surface area (Å²) < 4.78 is 21.6. The zero-order valence-corrected chi connectivity index (χ0v) is 15.8. The van der Waals surface area contributed by atoms with Gasteiger partial charge < -0.3 is 9.30 Å². The van der Waals surface area contributed by atoms with Crippen LogP contribution in [0.3, 0.4) is 0 Å². The van der Waals surface area contributed by atoms with Crippen molar-refractivity contribution in [3.63, 3.8) is 0 Å². The zero-order valence-electron chi connectivity index (χ0n) is 14.9. The highest BCUT2D eigenvalue weighted by molar-refractivity contribution is 7.16. The molecule has 0 saturated carbocycles. The summed E-state index contributed by atoms with van der Waals surface area (Å²) in [5.74, 6) is 2.46. The van der Waals surface area contributed by atoms with Crippen molar-refractivity contribution in [3.05, 3.63) is 58.6 Å². The Labute approximate surface area is 160 Å². The van der Waals surface area contributed by atoms with Gasteiger partial charge in [0.2, 0.25) is 0 Å². The van der Waals surface area contributed by atoms with Gasteiger partial charge in [-0.1, -0.05) is 36.7 Å². The molecule has 3 rings (SSSR count). The second-order valence-corrected chi connectivity index (χ2v) is 6.94. The van der Waals surface area contributed by atoms with Crippen molar-refractivity contribution < 1.29 is 13.9 Å². The molecular weight excluding hydrogens is 363 g/mol. The van der Waals surface area contributed by atoms with Crippen LogP contribution in [0.15, 0.2) is 47.5 Å². The topological polar surface area (TPSA) is 43.6 Å². The van der Waals surface area contributed by atoms with E-state index in [1.807, 2.05) is 6.07 Å². The van der Waals surface area contributed by atoms with Crippen molar-refractivity contribution in [3.8, 4) is 18.1 Å². The van der Waals surface area contributed by atoms with Gasteiger partial charge in [-0.25, -0.2) is 4.39 Å². The molecule has 6 heteroatoms. The van der Waals surface area contributed by atoms with Crippen LogP contribution in [0.4, 0.5) is 4.39 Å². The van der Waals surface area contributed by atoms with E-state index in [-0.39, 0.29) is 12.4 Å². The average molecular weight is 382 g/mol. The van der Waals surface area contributed by atoms with Gasteiger partial charge in [0.1, 0.15) is 11.6 Å². The first kappa shape index (κ1) is 18.9. The molecule has 0 aliphatic heterocycles. The minimum absolute atomic E-state index is 0.248. The van der Waals surface area contributed by atoms with Crippen molar-refractivity contribution in [2.45, 2.75) is 26.3 Å². The van der Waals surface area contributed by atoms with E-state index < -0.39 is 5.91 Å². The van der Waals surface area contributed by atoms with Crippen LogP contribution in [-0.4, -0.2) is 17.1 Å². The number of carbonyl (C=O) groups excluding carboxylic acids is 1. The molecule has 0 spiro atoms. The Morgan fingerprint density at radius 2 is 2.19 bits per heavy atom. The number of thiazole rings is 1. The summed E-state index contributed by atoms with van der Waals surface area (Å²) in [6.45, 7) is 2.94. The number of hydrogen-bond acceptors (Lipinski definition) is 3. The molecule has 0 N–H and O–H groups in total. The van der Waals surface area contributed by atoms with Gasteiger partial charge in [-0.05, 0) is 42.8 Å². The van der Waals surface area contributed by atoms with E-state index in [4.69, 9.17) is 11.2 Å². The van der Waals surface area contributed by atoms with Gasteiger partial charge >= 0.3 is 0 Å². The molecule has 0 atom stereocenters. The Bertz CT molecular complexity index is 1080. The molecule has 0 unspecified atom stereocenters. The number of fused-ring (bicyclic) bond motifs is 1. The summed E-state index contributed by atoms with van der Waals surface area (Å²) in [6, 6.07) is 11.4. The first-order chi connectivity index (χ1) is 13.1. The van der Waals surface area contributed by atoms with Crippen molar-refractivity contribution in [2.24, 2.45) is 4.99 Å². The van der Waals surface area contributed by atoms with Crippen LogP contribution >= 0.6 is 11.3 Å². The summed E-state index contributed by atoms with van der Waals surface area (Å²) in [4.78, 5) is 17.3. The fourth-order valence-corrected chi connectivity index (χ4v) is 3.63. The number of halogens is 1. The van der Waals surface area contributed by atoms with Crippen LogP contribution in [0.5, 0.6) is 5.75 Å². The molecule has 1 amide bonds. The Balaban J connectivity index is 1.96. The maximum Gasteiger partial charge on any atom is 0.279 e. The van der Waals surface area contributed by atoms with Crippen LogP contribution in [0.2, 0.25) is 0 Å². The summed E-state index contributed by atoms with van der Waals surface area (Å²) in [5, 5.41) is 0. The minimum atomic E-state index is -0.395. The van der Waals surface area contributed by atoms with Gasteiger partial charge in [0.25, 0.3) is 5.91 Å². The van der Waals surface area contributed by atoms with Crippen molar-refractivity contribution in [1.82, 2.24) is 4.57 Å². The molecule has 4 nitrogen and oxygen atoms in total. The third kappa shape index (κ3) is 4.44. The lowest BCUT2D eigenvalue weighted by molar-refractivity contribution is 0.0997.